The topological polar surface area (TPSA) is 108 Å². The van der Waals surface area contributed by atoms with Crippen molar-refractivity contribution >= 4 is 16.9 Å². The third-order valence-electron chi connectivity index (χ3n) is 5.80. The zero-order valence-corrected chi connectivity index (χ0v) is 15.6. The molecular formula is C18H20F2N8O. The van der Waals surface area contributed by atoms with Crippen LogP contribution in [-0.2, 0) is 0 Å². The molecule has 0 unspecified atom stereocenters. The number of alkyl halides is 2. The van der Waals surface area contributed by atoms with Crippen molar-refractivity contribution < 1.29 is 13.6 Å². The molecule has 3 aromatic rings. The van der Waals surface area contributed by atoms with Gasteiger partial charge in [-0.3, -0.25) is 18.9 Å². The molecule has 1 aliphatic carbocycles. The third-order valence-corrected chi connectivity index (χ3v) is 5.80. The molecule has 11 heteroatoms. The zero-order valence-electron chi connectivity index (χ0n) is 15.6. The molecule has 2 fully saturated rings. The Morgan fingerprint density at radius 2 is 1.86 bits per heavy atom. The van der Waals surface area contributed by atoms with Gasteiger partial charge in [-0.25, -0.2) is 23.7 Å². The first-order valence-corrected chi connectivity index (χ1v) is 9.56. The Labute approximate surface area is 164 Å². The lowest BCUT2D eigenvalue weighted by atomic mass is 9.88. The second-order valence-electron chi connectivity index (χ2n) is 7.75. The summed E-state index contributed by atoms with van der Waals surface area (Å²) in [5.41, 5.74) is 6.76. The summed E-state index contributed by atoms with van der Waals surface area (Å²) in [5.74, 6) is -2.90. The second kappa shape index (κ2) is 6.55. The first kappa shape index (κ1) is 18.1. The molecule has 1 aliphatic heterocycles. The zero-order chi connectivity index (χ0) is 20.2. The maximum absolute atomic E-state index is 13.2. The quantitative estimate of drug-likeness (QED) is 0.709. The lowest BCUT2D eigenvalue weighted by Gasteiger charge is -2.46. The van der Waals surface area contributed by atoms with E-state index in [2.05, 4.69) is 20.1 Å². The van der Waals surface area contributed by atoms with Gasteiger partial charge in [0.15, 0.2) is 5.69 Å². The van der Waals surface area contributed by atoms with Crippen molar-refractivity contribution in [1.29, 1.82) is 0 Å². The van der Waals surface area contributed by atoms with E-state index in [4.69, 9.17) is 5.73 Å². The molecule has 1 saturated heterocycles. The van der Waals surface area contributed by atoms with Crippen LogP contribution in [0.25, 0.3) is 17.0 Å². The predicted octanol–water partition coefficient (Wildman–Crippen LogP) is 1.55. The number of amides is 1. The number of nitrogens with two attached hydrogens (primary N) is 1. The molecule has 5 rings (SSSR count). The molecular weight excluding hydrogens is 382 g/mol. The van der Waals surface area contributed by atoms with E-state index in [1.165, 1.54) is 6.33 Å². The van der Waals surface area contributed by atoms with E-state index in [-0.39, 0.29) is 30.9 Å². The van der Waals surface area contributed by atoms with E-state index in [1.54, 1.807) is 27.8 Å². The average molecular weight is 402 g/mol. The number of imidazole rings is 1. The minimum absolute atomic E-state index is 0.0475. The van der Waals surface area contributed by atoms with E-state index in [0.717, 1.165) is 25.7 Å². The Bertz CT molecular complexity index is 1050. The fourth-order valence-electron chi connectivity index (χ4n) is 4.37. The minimum atomic E-state index is -2.55. The molecule has 0 spiro atoms. The summed E-state index contributed by atoms with van der Waals surface area (Å²) in [7, 11) is 0. The van der Waals surface area contributed by atoms with Crippen LogP contribution in [0.5, 0.6) is 0 Å². The van der Waals surface area contributed by atoms with Crippen LogP contribution in [0, 0.1) is 0 Å². The standard InChI is InChI=1S/C18H20F2N8O/c19-18(20)8-27(9-18)11-1-3-12(4-2-11)28-15-13(7-23-28)24-17(25-14(15)16(21)29)26-6-5-22-10-26/h5-7,10-12H,1-4,8-9H2,(H2,21,29). The van der Waals surface area contributed by atoms with Gasteiger partial charge in [-0.05, 0) is 25.7 Å². The number of carbonyl (C=O) groups is 1. The Morgan fingerprint density at radius 3 is 2.48 bits per heavy atom. The van der Waals surface area contributed by atoms with Gasteiger partial charge in [-0.1, -0.05) is 0 Å². The van der Waals surface area contributed by atoms with Crippen LogP contribution < -0.4 is 5.73 Å². The van der Waals surface area contributed by atoms with Crippen LogP contribution in [0.3, 0.4) is 0 Å². The van der Waals surface area contributed by atoms with Gasteiger partial charge in [0.2, 0.25) is 5.95 Å². The Balaban J connectivity index is 1.42. The molecule has 9 nitrogen and oxygen atoms in total. The number of primary amides is 1. The van der Waals surface area contributed by atoms with Crippen LogP contribution in [0.4, 0.5) is 8.78 Å². The molecule has 152 valence electrons. The number of hydrogen-bond donors (Lipinski definition) is 1. The van der Waals surface area contributed by atoms with Crippen molar-refractivity contribution in [1.82, 2.24) is 34.2 Å². The van der Waals surface area contributed by atoms with Crippen molar-refractivity contribution in [3.05, 3.63) is 30.6 Å². The normalized spacial score (nSPS) is 24.5. The molecule has 0 bridgehead atoms. The molecule has 2 aliphatic rings. The highest BCUT2D eigenvalue weighted by Crippen LogP contribution is 2.37. The van der Waals surface area contributed by atoms with E-state index in [0.29, 0.717) is 17.0 Å². The van der Waals surface area contributed by atoms with Gasteiger partial charge < -0.3 is 5.73 Å². The van der Waals surface area contributed by atoms with E-state index in [1.807, 2.05) is 4.90 Å². The Kier molecular flexibility index (Phi) is 4.09. The fraction of sp³-hybridized carbons (Fsp3) is 0.500. The van der Waals surface area contributed by atoms with E-state index < -0.39 is 11.8 Å². The van der Waals surface area contributed by atoms with Crippen molar-refractivity contribution in [2.24, 2.45) is 5.73 Å². The summed E-state index contributed by atoms with van der Waals surface area (Å²) < 4.78 is 29.7. The average Bonchev–Trinajstić information content (AvgIpc) is 3.35. The van der Waals surface area contributed by atoms with Gasteiger partial charge in [0.05, 0.1) is 25.3 Å². The number of fused-ring (bicyclic) bond motifs is 1. The van der Waals surface area contributed by atoms with Gasteiger partial charge in [0.1, 0.15) is 17.4 Å². The second-order valence-corrected chi connectivity index (χ2v) is 7.75. The highest BCUT2D eigenvalue weighted by molar-refractivity contribution is 6.02. The van der Waals surface area contributed by atoms with Crippen molar-refractivity contribution in [2.45, 2.75) is 43.7 Å². The Morgan fingerprint density at radius 1 is 1.14 bits per heavy atom. The molecule has 4 heterocycles. The van der Waals surface area contributed by atoms with Gasteiger partial charge in [-0.2, -0.15) is 5.10 Å². The molecule has 1 saturated carbocycles. The molecule has 1 amide bonds. The Hall–Kier alpha value is -2.95. The van der Waals surface area contributed by atoms with Crippen LogP contribution in [0.1, 0.15) is 42.2 Å². The van der Waals surface area contributed by atoms with Crippen molar-refractivity contribution in [3.8, 4) is 5.95 Å². The van der Waals surface area contributed by atoms with Gasteiger partial charge in [-0.15, -0.1) is 0 Å². The summed E-state index contributed by atoms with van der Waals surface area (Å²) >= 11 is 0. The SMILES string of the molecule is NC(=O)c1nc(-n2ccnc2)nc2cnn(C3CCC(N4CC(F)(F)C4)CC3)c12. The number of likely N-dealkylation sites (tertiary alicyclic amines) is 1. The predicted molar refractivity (Wildman–Crippen MR) is 98.8 cm³/mol. The number of aromatic nitrogens is 6. The van der Waals surface area contributed by atoms with Crippen LogP contribution >= 0.6 is 0 Å². The molecule has 3 aromatic heterocycles. The molecule has 29 heavy (non-hydrogen) atoms. The smallest absolute Gasteiger partial charge is 0.272 e. The highest BCUT2D eigenvalue weighted by Gasteiger charge is 2.47. The van der Waals surface area contributed by atoms with Gasteiger partial charge >= 0.3 is 0 Å². The molecule has 0 aromatic carbocycles. The summed E-state index contributed by atoms with van der Waals surface area (Å²) in [6.07, 6.45) is 9.59. The maximum atomic E-state index is 13.2. The number of nitrogens with zero attached hydrogens (tertiary/aromatic N) is 7. The number of rotatable bonds is 4. The number of carbonyl (C=O) groups excluding carboxylic acids is 1. The molecule has 0 radical (unpaired) electrons. The van der Waals surface area contributed by atoms with Crippen molar-refractivity contribution in [3.63, 3.8) is 0 Å². The lowest BCUT2D eigenvalue weighted by molar-refractivity contribution is -0.150. The molecule has 0 atom stereocenters. The summed E-state index contributed by atoms with van der Waals surface area (Å²) in [6.45, 7) is -0.298. The van der Waals surface area contributed by atoms with Crippen LogP contribution in [0.15, 0.2) is 24.9 Å². The minimum Gasteiger partial charge on any atom is -0.364 e. The third kappa shape index (κ3) is 3.15. The molecule has 2 N–H and O–H groups in total. The van der Waals surface area contributed by atoms with Crippen molar-refractivity contribution in [2.75, 3.05) is 13.1 Å². The maximum Gasteiger partial charge on any atom is 0.272 e. The van der Waals surface area contributed by atoms with Crippen LogP contribution in [-0.4, -0.2) is 65.2 Å². The first-order valence-electron chi connectivity index (χ1n) is 9.56. The van der Waals surface area contributed by atoms with Crippen LogP contribution in [0.2, 0.25) is 0 Å². The fourth-order valence-corrected chi connectivity index (χ4v) is 4.37. The largest absolute Gasteiger partial charge is 0.364 e. The summed E-state index contributed by atoms with van der Waals surface area (Å²) in [4.78, 5) is 26.8. The first-order chi connectivity index (χ1) is 13.9. The van der Waals surface area contributed by atoms with E-state index in [9.17, 15) is 13.6 Å². The number of halogens is 2. The van der Waals surface area contributed by atoms with Gasteiger partial charge in [0.25, 0.3) is 11.8 Å². The highest BCUT2D eigenvalue weighted by atomic mass is 19.3. The van der Waals surface area contributed by atoms with E-state index >= 15 is 0 Å². The van der Waals surface area contributed by atoms with Gasteiger partial charge in [0, 0.05) is 18.4 Å². The summed E-state index contributed by atoms with van der Waals surface area (Å²) in [5, 5.41) is 4.46. The summed E-state index contributed by atoms with van der Waals surface area (Å²) in [6, 6.07) is 0.221. The lowest BCUT2D eigenvalue weighted by Crippen LogP contribution is -2.60. The monoisotopic (exact) mass is 402 g/mol. The number of hydrogen-bond acceptors (Lipinski definition) is 6.